The third kappa shape index (κ3) is 3.93. The molecule has 5 heterocycles. The molecule has 0 unspecified atom stereocenters. The second kappa shape index (κ2) is 11.1. The number of aromatic nitrogens is 2. The summed E-state index contributed by atoms with van der Waals surface area (Å²) in [5.41, 5.74) is 21.4. The summed E-state index contributed by atoms with van der Waals surface area (Å²) in [4.78, 5) is 2.44. The Labute approximate surface area is 327 Å². The second-order valence-electron chi connectivity index (χ2n) is 16.2. The molecule has 3 aliphatic heterocycles. The standard InChI is InChI=1S/C52H38BN3/c1-5-15-41-50-32(2)36-16-6-10-22-43(36)55(50)47-30-34(31-48-49(47)53(41)42-21-14-18-38-37-17-7-11-23-44(37)56(48)51(38)42)33-26-28-35(29-27-33)54-45-24-12-8-19-39(45)52(3,4)40-20-9-13-25-46(40)54/h5-31H,1H2,2-4H3/b41-15+. The lowest BCUT2D eigenvalue weighted by molar-refractivity contribution is 0.632. The van der Waals surface area contributed by atoms with Crippen LogP contribution in [0.2, 0.25) is 0 Å². The molecule has 0 aliphatic carbocycles. The van der Waals surface area contributed by atoms with Crippen LogP contribution in [-0.2, 0) is 5.41 Å². The number of nitrogens with zero attached hydrogens (tertiary/aromatic N) is 3. The van der Waals surface area contributed by atoms with Gasteiger partial charge in [0.2, 0.25) is 0 Å². The maximum atomic E-state index is 4.24. The van der Waals surface area contributed by atoms with E-state index in [1.54, 1.807) is 0 Å². The molecule has 0 saturated carbocycles. The van der Waals surface area contributed by atoms with Crippen LogP contribution in [0.25, 0.3) is 60.7 Å². The van der Waals surface area contributed by atoms with Crippen molar-refractivity contribution in [3.8, 4) is 22.5 Å². The van der Waals surface area contributed by atoms with Crippen LogP contribution in [0.4, 0.5) is 17.1 Å². The fraction of sp³-hybridized carbons (Fsp3) is 0.0769. The number of hydrogen-bond donors (Lipinski definition) is 0. The zero-order valence-electron chi connectivity index (χ0n) is 31.7. The highest BCUT2D eigenvalue weighted by Gasteiger charge is 2.43. The molecule has 0 fully saturated rings. The van der Waals surface area contributed by atoms with Gasteiger partial charge in [0.1, 0.15) is 0 Å². The highest BCUT2D eigenvalue weighted by molar-refractivity contribution is 7.03. The van der Waals surface area contributed by atoms with E-state index >= 15 is 0 Å². The largest absolute Gasteiger partial charge is 0.311 e. The highest BCUT2D eigenvalue weighted by Crippen LogP contribution is 2.52. The van der Waals surface area contributed by atoms with Crippen molar-refractivity contribution in [1.29, 1.82) is 0 Å². The minimum absolute atomic E-state index is 0.0638. The van der Waals surface area contributed by atoms with Gasteiger partial charge in [0.25, 0.3) is 6.71 Å². The van der Waals surface area contributed by atoms with E-state index < -0.39 is 0 Å². The molecule has 0 radical (unpaired) electrons. The van der Waals surface area contributed by atoms with Crippen molar-refractivity contribution in [3.05, 3.63) is 193 Å². The summed E-state index contributed by atoms with van der Waals surface area (Å²) in [5.74, 6) is 0. The van der Waals surface area contributed by atoms with Gasteiger partial charge in [-0.2, -0.15) is 0 Å². The zero-order chi connectivity index (χ0) is 37.4. The SMILES string of the molecule is C=C/C=C1/B2c3c(cc(-c4ccc(N5c6ccccc6C(C)(C)c6ccccc65)cc4)cc3-n3c4ccccc4c4cccc2c43)-n2c1c(C)c1ccccc12. The van der Waals surface area contributed by atoms with Crippen LogP contribution < -0.4 is 15.8 Å². The maximum Gasteiger partial charge on any atom is 0.252 e. The second-order valence-corrected chi connectivity index (χ2v) is 16.2. The number of hydrogen-bond acceptors (Lipinski definition) is 1. The van der Waals surface area contributed by atoms with Crippen molar-refractivity contribution in [2.24, 2.45) is 0 Å². The van der Waals surface area contributed by atoms with Crippen LogP contribution in [-0.4, -0.2) is 15.8 Å². The summed E-state index contributed by atoms with van der Waals surface area (Å²) in [6, 6.07) is 56.6. The summed E-state index contributed by atoms with van der Waals surface area (Å²) in [6.07, 6.45) is 4.23. The fourth-order valence-corrected chi connectivity index (χ4v) is 10.6. The van der Waals surface area contributed by atoms with Crippen molar-refractivity contribution in [2.45, 2.75) is 26.2 Å². The van der Waals surface area contributed by atoms with Gasteiger partial charge in [-0.05, 0) is 99.7 Å². The molecule has 0 spiro atoms. The monoisotopic (exact) mass is 715 g/mol. The summed E-state index contributed by atoms with van der Waals surface area (Å²) >= 11 is 0. The Morgan fingerprint density at radius 2 is 1.16 bits per heavy atom. The third-order valence-electron chi connectivity index (χ3n) is 13.0. The summed E-state index contributed by atoms with van der Waals surface area (Å²) in [7, 11) is 0. The van der Waals surface area contributed by atoms with Gasteiger partial charge in [-0.1, -0.05) is 136 Å². The summed E-state index contributed by atoms with van der Waals surface area (Å²) in [6.45, 7) is 11.3. The first-order valence-corrected chi connectivity index (χ1v) is 19.7. The predicted molar refractivity (Wildman–Crippen MR) is 238 cm³/mol. The molecule has 56 heavy (non-hydrogen) atoms. The van der Waals surface area contributed by atoms with Crippen LogP contribution in [0.3, 0.4) is 0 Å². The Morgan fingerprint density at radius 3 is 1.86 bits per heavy atom. The molecule has 7 aromatic carbocycles. The van der Waals surface area contributed by atoms with E-state index in [0.29, 0.717) is 0 Å². The van der Waals surface area contributed by atoms with Gasteiger partial charge >= 0.3 is 0 Å². The van der Waals surface area contributed by atoms with Crippen molar-refractivity contribution >= 4 is 72.9 Å². The van der Waals surface area contributed by atoms with Gasteiger partial charge < -0.3 is 14.0 Å². The first-order valence-electron chi connectivity index (χ1n) is 19.7. The Balaban J connectivity index is 1.13. The predicted octanol–water partition coefficient (Wildman–Crippen LogP) is 11.9. The average molecular weight is 716 g/mol. The molecule has 0 N–H and O–H groups in total. The number of allylic oxidation sites excluding steroid dienone is 2. The maximum absolute atomic E-state index is 4.24. The van der Waals surface area contributed by atoms with Crippen LogP contribution in [0, 0.1) is 6.92 Å². The van der Waals surface area contributed by atoms with Gasteiger partial charge in [0, 0.05) is 49.8 Å². The van der Waals surface area contributed by atoms with Crippen molar-refractivity contribution in [3.63, 3.8) is 0 Å². The Hall–Kier alpha value is -6.78. The molecule has 0 amide bonds. The number of para-hydroxylation sites is 5. The first kappa shape index (κ1) is 31.6. The Morgan fingerprint density at radius 1 is 0.571 bits per heavy atom. The zero-order valence-corrected chi connectivity index (χ0v) is 31.7. The van der Waals surface area contributed by atoms with Crippen LogP contribution >= 0.6 is 0 Å². The molecular formula is C52H38BN3. The van der Waals surface area contributed by atoms with Crippen LogP contribution in [0.5, 0.6) is 0 Å². The topological polar surface area (TPSA) is 13.1 Å². The Kier molecular flexibility index (Phi) is 6.28. The van der Waals surface area contributed by atoms with E-state index in [4.69, 9.17) is 0 Å². The van der Waals surface area contributed by atoms with E-state index in [1.807, 2.05) is 6.08 Å². The van der Waals surface area contributed by atoms with Crippen molar-refractivity contribution in [2.75, 3.05) is 4.90 Å². The molecule has 9 aromatic rings. The first-order chi connectivity index (χ1) is 27.5. The van der Waals surface area contributed by atoms with Crippen molar-refractivity contribution in [1.82, 2.24) is 9.13 Å². The minimum Gasteiger partial charge on any atom is -0.311 e. The molecule has 4 heteroatoms. The summed E-state index contributed by atoms with van der Waals surface area (Å²) < 4.78 is 5.08. The fourth-order valence-electron chi connectivity index (χ4n) is 10.6. The number of fused-ring (bicyclic) bond motifs is 11. The molecule has 0 bridgehead atoms. The van der Waals surface area contributed by atoms with Gasteiger partial charge in [0.05, 0.1) is 22.4 Å². The molecule has 264 valence electrons. The molecule has 0 atom stereocenters. The lowest BCUT2D eigenvalue weighted by Gasteiger charge is -2.42. The van der Waals surface area contributed by atoms with Gasteiger partial charge in [-0.3, -0.25) is 0 Å². The van der Waals surface area contributed by atoms with E-state index in [2.05, 4.69) is 199 Å². The van der Waals surface area contributed by atoms with Gasteiger partial charge in [-0.25, -0.2) is 0 Å². The lowest BCUT2D eigenvalue weighted by atomic mass is 9.33. The highest BCUT2D eigenvalue weighted by atomic mass is 15.2. The molecule has 0 saturated heterocycles. The van der Waals surface area contributed by atoms with Crippen molar-refractivity contribution < 1.29 is 0 Å². The number of aryl methyl sites for hydroxylation is 1. The van der Waals surface area contributed by atoms with Gasteiger partial charge in [0.15, 0.2) is 0 Å². The molecule has 3 aliphatic rings. The lowest BCUT2D eigenvalue weighted by Crippen LogP contribution is -2.53. The van der Waals surface area contributed by atoms with Crippen LogP contribution in [0.1, 0.15) is 36.2 Å². The van der Waals surface area contributed by atoms with E-state index in [0.717, 1.165) is 5.69 Å². The molecule has 3 nitrogen and oxygen atoms in total. The number of rotatable bonds is 3. The molecular weight excluding hydrogens is 677 g/mol. The Bertz CT molecular complexity index is 3160. The van der Waals surface area contributed by atoms with E-state index in [9.17, 15) is 0 Å². The summed E-state index contributed by atoms with van der Waals surface area (Å²) in [5, 5.41) is 3.87. The number of benzene rings is 7. The quantitative estimate of drug-likeness (QED) is 0.166. The molecule has 12 rings (SSSR count). The average Bonchev–Trinajstić information content (AvgIpc) is 3.74. The van der Waals surface area contributed by atoms with Crippen LogP contribution in [0.15, 0.2) is 170 Å². The normalized spacial score (nSPS) is 15.2. The number of anilines is 3. The minimum atomic E-state index is -0.0980. The van der Waals surface area contributed by atoms with E-state index in [1.165, 1.54) is 105 Å². The smallest absolute Gasteiger partial charge is 0.252 e. The van der Waals surface area contributed by atoms with Gasteiger partial charge in [-0.15, -0.1) is 0 Å². The third-order valence-corrected chi connectivity index (χ3v) is 13.0. The van der Waals surface area contributed by atoms with E-state index in [-0.39, 0.29) is 12.1 Å². The molecule has 2 aromatic heterocycles.